The second kappa shape index (κ2) is 21.1. The van der Waals surface area contributed by atoms with Gasteiger partial charge in [0, 0.05) is 86.6 Å². The first kappa shape index (κ1) is 49.3. The third-order valence-corrected chi connectivity index (χ3v) is 17.9. The van der Waals surface area contributed by atoms with Gasteiger partial charge in [-0.15, -0.1) is 0 Å². The van der Waals surface area contributed by atoms with Crippen molar-refractivity contribution in [1.29, 1.82) is 0 Å². The molecule has 0 spiro atoms. The van der Waals surface area contributed by atoms with Crippen LogP contribution in [0.5, 0.6) is 5.75 Å². The molecule has 0 saturated carbocycles. The molecular weight excluding hydrogens is 1020 g/mol. The summed E-state index contributed by atoms with van der Waals surface area (Å²) in [6.07, 6.45) is -3.41. The van der Waals surface area contributed by atoms with Crippen LogP contribution < -0.4 is 37.5 Å². The summed E-state index contributed by atoms with van der Waals surface area (Å²) >= 11 is 0. The minimum Gasteiger partial charge on any atom is -0.506 e. The van der Waals surface area contributed by atoms with Crippen molar-refractivity contribution in [3.63, 3.8) is 0 Å². The van der Waals surface area contributed by atoms with Crippen LogP contribution >= 0.6 is 14.3 Å². The molecule has 8 aromatic carbocycles. The Morgan fingerprint density at radius 1 is 0.507 bits per heavy atom. The summed E-state index contributed by atoms with van der Waals surface area (Å²) in [7, 11) is -5.55. The van der Waals surface area contributed by atoms with E-state index in [-0.39, 0.29) is 60.3 Å². The van der Waals surface area contributed by atoms with E-state index in [0.29, 0.717) is 0 Å². The Kier molecular flexibility index (Phi) is 15.5. The molecule has 0 amide bonds. The van der Waals surface area contributed by atoms with Gasteiger partial charge in [0.25, 0.3) is 0 Å². The van der Waals surface area contributed by atoms with E-state index in [1.165, 1.54) is 0 Å². The van der Waals surface area contributed by atoms with Gasteiger partial charge in [-0.05, 0) is 34.4 Å². The van der Waals surface area contributed by atoms with E-state index in [2.05, 4.69) is 0 Å². The van der Waals surface area contributed by atoms with Gasteiger partial charge in [0.15, 0.2) is 19.8 Å². The maximum Gasteiger partial charge on any atom is 0.351 e. The van der Waals surface area contributed by atoms with Gasteiger partial charge in [-0.2, -0.15) is 0 Å². The molecular formula is C56H44EuF2O6P2. The maximum absolute atomic E-state index is 13.8. The second-order valence-electron chi connectivity index (χ2n) is 16.1. The fourth-order valence-electron chi connectivity index (χ4n) is 8.43. The topological polar surface area (TPSA) is 102 Å². The smallest absolute Gasteiger partial charge is 0.351 e. The average Bonchev–Trinajstić information content (AvgIpc) is 3.59. The van der Waals surface area contributed by atoms with Crippen LogP contribution in [-0.2, 0) is 14.5 Å². The first-order chi connectivity index (χ1) is 31.9. The van der Waals surface area contributed by atoms with Gasteiger partial charge in [0.1, 0.15) is 11.3 Å². The molecule has 0 unspecified atom stereocenters. The molecule has 1 aromatic heterocycles. The van der Waals surface area contributed by atoms with Crippen molar-refractivity contribution in [2.24, 2.45) is 0 Å². The molecule has 6 nitrogen and oxygen atoms in total. The van der Waals surface area contributed by atoms with Gasteiger partial charge in [-0.25, -0.2) is 13.6 Å². The Morgan fingerprint density at radius 3 is 1.18 bits per heavy atom. The van der Waals surface area contributed by atoms with Gasteiger partial charge in [-0.3, -0.25) is 4.79 Å². The first-order valence-corrected chi connectivity index (χ1v) is 24.6. The van der Waals surface area contributed by atoms with Crippen LogP contribution in [0.1, 0.15) is 35.3 Å². The van der Waals surface area contributed by atoms with Crippen LogP contribution in [0.2, 0.25) is 0 Å². The molecule has 1 aliphatic rings. The van der Waals surface area contributed by atoms with E-state index < -0.39 is 48.8 Å². The minimum absolute atomic E-state index is 0. The zero-order valence-electron chi connectivity index (χ0n) is 36.4. The van der Waals surface area contributed by atoms with Gasteiger partial charge in [0.05, 0.1) is 5.39 Å². The number of carbonyl (C=O) groups is 1. The Labute approximate surface area is 428 Å². The third kappa shape index (κ3) is 9.72. The van der Waals surface area contributed by atoms with E-state index >= 15 is 0 Å². The fourth-order valence-corrected chi connectivity index (χ4v) is 13.8. The van der Waals surface area contributed by atoms with Crippen molar-refractivity contribution >= 4 is 62.9 Å². The number of ketones is 1. The van der Waals surface area contributed by atoms with E-state index in [9.17, 15) is 32.6 Å². The van der Waals surface area contributed by atoms with Crippen LogP contribution in [0.4, 0.5) is 8.78 Å². The van der Waals surface area contributed by atoms with Crippen molar-refractivity contribution < 1.29 is 81.6 Å². The molecule has 67 heavy (non-hydrogen) atoms. The molecule has 10 rings (SSSR count). The standard InChI is InChI=1S/C20H14F2O4.2C18H15OP.Eu/c1-20(2)12-6-4-3-5-9(12)10-8-14-11(7-13(10)20)16(23)15(19(25)26-14)17(24)18(21)22;2*19-20(16-10-4-1-5-11-16,17-12-6-2-7-13-17)18-14-8-3-9-15-18;/h3-8,18,23H,1-2H3;2*1-15H;. The number of aromatic hydroxyl groups is 1. The largest absolute Gasteiger partial charge is 0.506 e. The summed E-state index contributed by atoms with van der Waals surface area (Å²) in [5.41, 5.74) is 1.10. The van der Waals surface area contributed by atoms with Crippen molar-refractivity contribution in [3.8, 4) is 16.9 Å². The summed E-state index contributed by atoms with van der Waals surface area (Å²) in [6.45, 7) is 4.01. The number of carbonyl (C=O) groups excluding carboxylic acids is 1. The molecule has 1 N–H and O–H groups in total. The number of halogens is 2. The first-order valence-electron chi connectivity index (χ1n) is 21.2. The van der Waals surface area contributed by atoms with Crippen molar-refractivity contribution in [1.82, 2.24) is 0 Å². The fraction of sp³-hybridized carbons (Fsp3) is 0.0714. The summed E-state index contributed by atoms with van der Waals surface area (Å²) in [5, 5.41) is 15.7. The molecule has 0 saturated heterocycles. The van der Waals surface area contributed by atoms with Crippen LogP contribution in [0.25, 0.3) is 22.1 Å². The summed E-state index contributed by atoms with van der Waals surface area (Å²) in [4.78, 5) is 23.6. The van der Waals surface area contributed by atoms with Crippen LogP contribution in [0.15, 0.2) is 228 Å². The van der Waals surface area contributed by atoms with Gasteiger partial charge >= 0.3 is 12.1 Å². The van der Waals surface area contributed by atoms with Gasteiger partial charge < -0.3 is 18.7 Å². The predicted molar refractivity (Wildman–Crippen MR) is 264 cm³/mol. The zero-order valence-corrected chi connectivity index (χ0v) is 40.6. The van der Waals surface area contributed by atoms with Crippen LogP contribution in [0, 0.1) is 49.4 Å². The normalized spacial score (nSPS) is 12.3. The molecule has 0 aliphatic heterocycles. The Hall–Kier alpha value is -5.66. The van der Waals surface area contributed by atoms with E-state index in [4.69, 9.17) is 4.42 Å². The molecule has 1 aliphatic carbocycles. The molecule has 335 valence electrons. The zero-order chi connectivity index (χ0) is 46.5. The monoisotopic (exact) mass is 1070 g/mol. The van der Waals surface area contributed by atoms with Gasteiger partial charge in [0.2, 0.25) is 5.78 Å². The second-order valence-corrected chi connectivity index (χ2v) is 21.6. The predicted octanol–water partition coefficient (Wildman–Crippen LogP) is 10.9. The minimum atomic E-state index is -3.41. The molecule has 11 heteroatoms. The van der Waals surface area contributed by atoms with Crippen molar-refractivity contribution in [3.05, 3.63) is 245 Å². The molecule has 1 heterocycles. The Bertz CT molecular complexity index is 2960. The molecule has 0 atom stereocenters. The van der Waals surface area contributed by atoms with Gasteiger partial charge in [-0.1, -0.05) is 220 Å². The van der Waals surface area contributed by atoms with Crippen molar-refractivity contribution in [2.45, 2.75) is 25.7 Å². The summed E-state index contributed by atoms with van der Waals surface area (Å²) < 4.78 is 58.2. The number of benzene rings is 8. The quantitative estimate of drug-likeness (QED) is 0.0924. The molecule has 1 radical (unpaired) electrons. The van der Waals surface area contributed by atoms with Crippen LogP contribution in [-0.4, -0.2) is 17.3 Å². The Morgan fingerprint density at radius 2 is 0.836 bits per heavy atom. The maximum atomic E-state index is 13.8. The van der Waals surface area contributed by atoms with Crippen molar-refractivity contribution in [2.75, 3.05) is 0 Å². The number of fused-ring (bicyclic) bond motifs is 4. The summed E-state index contributed by atoms with van der Waals surface area (Å²) in [6, 6.07) is 69.3. The molecule has 0 bridgehead atoms. The number of Topliss-reactive ketones (excluding diaryl/α,β-unsaturated/α-hetero) is 1. The van der Waals surface area contributed by atoms with E-state index in [1.54, 1.807) is 12.1 Å². The number of hydrogen-bond donors (Lipinski definition) is 1. The number of hydrogen-bond acceptors (Lipinski definition) is 6. The number of alkyl halides is 2. The van der Waals surface area contributed by atoms with Crippen LogP contribution in [0.3, 0.4) is 0 Å². The third-order valence-electron chi connectivity index (χ3n) is 11.7. The van der Waals surface area contributed by atoms with E-state index in [1.807, 2.05) is 220 Å². The molecule has 0 fully saturated rings. The summed E-state index contributed by atoms with van der Waals surface area (Å²) in [5.74, 6) is -2.52. The average molecular weight is 1060 g/mol. The van der Waals surface area contributed by atoms with E-state index in [0.717, 1.165) is 54.1 Å². The SMILES string of the molecule is CC1(C)c2ccccc2-c2cc3oc(=O)c(C(=O)C(F)F)c(O)c3cc21.O=P(c1ccccc1)(c1ccccc1)c1ccccc1.O=P(c1ccccc1)(c1ccccc1)c1ccccc1.[Eu]. The Balaban J connectivity index is 0.000000150. The molecule has 9 aromatic rings. The number of rotatable bonds is 8.